The molecule has 0 radical (unpaired) electrons. The zero-order valence-corrected chi connectivity index (χ0v) is 7.24. The predicted octanol–water partition coefficient (Wildman–Crippen LogP) is 2.98. The van der Waals surface area contributed by atoms with E-state index in [1.807, 2.05) is 13.0 Å². The van der Waals surface area contributed by atoms with Crippen LogP contribution in [0.2, 0.25) is 0 Å². The molecule has 0 fully saturated rings. The molecule has 0 saturated carbocycles. The lowest BCUT2D eigenvalue weighted by atomic mass is 10.2. The predicted molar refractivity (Wildman–Crippen MR) is 44.7 cm³/mol. The maximum atomic E-state index is 12.2. The first-order valence-corrected chi connectivity index (χ1v) is 3.93. The van der Waals surface area contributed by atoms with E-state index in [0.717, 1.165) is 5.56 Å². The van der Waals surface area contributed by atoms with Crippen LogP contribution in [-0.2, 0) is 0 Å². The minimum atomic E-state index is 0.209. The van der Waals surface area contributed by atoms with Crippen LogP contribution in [0.15, 0.2) is 23.1 Å². The van der Waals surface area contributed by atoms with Gasteiger partial charge in [-0.1, -0.05) is 6.07 Å². The highest BCUT2D eigenvalue weighted by Gasteiger charge is 2.02. The van der Waals surface area contributed by atoms with Crippen LogP contribution in [0.5, 0.6) is 5.75 Å². The van der Waals surface area contributed by atoms with Crippen molar-refractivity contribution in [3.05, 3.63) is 23.8 Å². The summed E-state index contributed by atoms with van der Waals surface area (Å²) in [4.78, 5) is 0.535. The molecule has 0 aromatic heterocycles. The third-order valence-electron chi connectivity index (χ3n) is 1.40. The van der Waals surface area contributed by atoms with Gasteiger partial charge in [0.2, 0.25) is 0 Å². The van der Waals surface area contributed by atoms with Gasteiger partial charge >= 0.3 is 0 Å². The van der Waals surface area contributed by atoms with E-state index in [1.165, 1.54) is 7.11 Å². The van der Waals surface area contributed by atoms with Gasteiger partial charge in [0.15, 0.2) is 0 Å². The number of hydrogen-bond acceptors (Lipinski definition) is 2. The third kappa shape index (κ3) is 1.87. The molecular weight excluding hydrogens is 163 g/mol. The van der Waals surface area contributed by atoms with Gasteiger partial charge in [-0.2, -0.15) is 3.89 Å². The van der Waals surface area contributed by atoms with E-state index in [9.17, 15) is 3.89 Å². The van der Waals surface area contributed by atoms with Crippen LogP contribution in [0.3, 0.4) is 0 Å². The maximum absolute atomic E-state index is 12.2. The molecule has 1 aromatic carbocycles. The molecule has 0 unspecified atom stereocenters. The highest BCUT2D eigenvalue weighted by atomic mass is 32.2. The van der Waals surface area contributed by atoms with E-state index >= 15 is 0 Å². The molecule has 60 valence electrons. The van der Waals surface area contributed by atoms with Crippen molar-refractivity contribution in [3.63, 3.8) is 0 Å². The second kappa shape index (κ2) is 3.62. The van der Waals surface area contributed by atoms with Gasteiger partial charge < -0.3 is 4.74 Å². The lowest BCUT2D eigenvalue weighted by molar-refractivity contribution is 0.404. The Morgan fingerprint density at radius 1 is 1.45 bits per heavy atom. The van der Waals surface area contributed by atoms with Crippen LogP contribution >= 0.6 is 12.1 Å². The molecule has 1 rings (SSSR count). The summed E-state index contributed by atoms with van der Waals surface area (Å²) in [6, 6.07) is 5.40. The standard InChI is InChI=1S/C8H9FOS/c1-6-3-4-7(10-2)8(5-6)11-9/h3-5H,1-2H3. The summed E-state index contributed by atoms with van der Waals surface area (Å²) in [6.07, 6.45) is 0. The molecule has 1 nitrogen and oxygen atoms in total. The Labute approximate surface area is 69.9 Å². The second-order valence-corrected chi connectivity index (χ2v) is 2.83. The largest absolute Gasteiger partial charge is 0.495 e. The number of ether oxygens (including phenoxy) is 1. The van der Waals surface area contributed by atoms with E-state index in [-0.39, 0.29) is 12.1 Å². The molecule has 0 heterocycles. The minimum absolute atomic E-state index is 0.209. The van der Waals surface area contributed by atoms with E-state index in [1.54, 1.807) is 12.1 Å². The van der Waals surface area contributed by atoms with E-state index in [4.69, 9.17) is 4.74 Å². The summed E-state index contributed by atoms with van der Waals surface area (Å²) in [5.41, 5.74) is 1.03. The fourth-order valence-electron chi connectivity index (χ4n) is 0.844. The zero-order valence-electron chi connectivity index (χ0n) is 6.43. The number of methoxy groups -OCH3 is 1. The molecule has 0 saturated heterocycles. The van der Waals surface area contributed by atoms with Crippen molar-refractivity contribution in [2.45, 2.75) is 11.8 Å². The average Bonchev–Trinajstić information content (AvgIpc) is 2.04. The highest BCUT2D eigenvalue weighted by molar-refractivity contribution is 7.94. The number of rotatable bonds is 2. The summed E-state index contributed by atoms with van der Waals surface area (Å²) in [7, 11) is 1.53. The Bertz CT molecular complexity index is 250. The number of aryl methyl sites for hydroxylation is 1. The Kier molecular flexibility index (Phi) is 2.76. The maximum Gasteiger partial charge on any atom is 0.135 e. The fraction of sp³-hybridized carbons (Fsp3) is 0.250. The normalized spacial score (nSPS) is 9.73. The molecule has 3 heteroatoms. The van der Waals surface area contributed by atoms with Crippen LogP contribution in [0.25, 0.3) is 0 Å². The van der Waals surface area contributed by atoms with Crippen LogP contribution in [0, 0.1) is 6.92 Å². The van der Waals surface area contributed by atoms with Crippen molar-refractivity contribution in [2.24, 2.45) is 0 Å². The second-order valence-electron chi connectivity index (χ2n) is 2.23. The Hall–Kier alpha value is -0.700. The molecule has 0 aliphatic carbocycles. The molecule has 0 amide bonds. The van der Waals surface area contributed by atoms with Crippen LogP contribution in [0.4, 0.5) is 3.89 Å². The first kappa shape index (κ1) is 8.40. The first-order chi connectivity index (χ1) is 5.27. The number of halogens is 1. The monoisotopic (exact) mass is 172 g/mol. The topological polar surface area (TPSA) is 9.23 Å². The molecule has 1 aromatic rings. The third-order valence-corrected chi connectivity index (χ3v) is 1.89. The van der Waals surface area contributed by atoms with Gasteiger partial charge in [0.05, 0.1) is 24.2 Å². The van der Waals surface area contributed by atoms with Crippen molar-refractivity contribution >= 4 is 12.1 Å². The molecule has 0 aliphatic rings. The average molecular weight is 172 g/mol. The van der Waals surface area contributed by atoms with Crippen molar-refractivity contribution in [3.8, 4) is 5.75 Å². The van der Waals surface area contributed by atoms with Crippen molar-refractivity contribution < 1.29 is 8.62 Å². The summed E-state index contributed by atoms with van der Waals surface area (Å²) < 4.78 is 17.1. The van der Waals surface area contributed by atoms with Crippen LogP contribution in [0.1, 0.15) is 5.56 Å². The zero-order chi connectivity index (χ0) is 8.27. The van der Waals surface area contributed by atoms with Crippen LogP contribution < -0.4 is 4.74 Å². The van der Waals surface area contributed by atoms with Gasteiger partial charge in [-0.05, 0) is 24.6 Å². The molecular formula is C8H9FOS. The quantitative estimate of drug-likeness (QED) is 0.678. The Morgan fingerprint density at radius 2 is 2.18 bits per heavy atom. The van der Waals surface area contributed by atoms with Gasteiger partial charge in [-0.15, -0.1) is 0 Å². The molecule has 0 atom stereocenters. The van der Waals surface area contributed by atoms with E-state index < -0.39 is 0 Å². The molecule has 0 spiro atoms. The minimum Gasteiger partial charge on any atom is -0.495 e. The number of hydrogen-bond donors (Lipinski definition) is 0. The molecule has 0 N–H and O–H groups in total. The van der Waals surface area contributed by atoms with Crippen molar-refractivity contribution in [1.82, 2.24) is 0 Å². The highest BCUT2D eigenvalue weighted by Crippen LogP contribution is 2.30. The lowest BCUT2D eigenvalue weighted by Gasteiger charge is -2.03. The Morgan fingerprint density at radius 3 is 2.73 bits per heavy atom. The lowest BCUT2D eigenvalue weighted by Crippen LogP contribution is -1.85. The van der Waals surface area contributed by atoms with Gasteiger partial charge in [-0.3, -0.25) is 0 Å². The summed E-state index contributed by atoms with van der Waals surface area (Å²) in [6.45, 7) is 1.92. The summed E-state index contributed by atoms with van der Waals surface area (Å²) in [5.74, 6) is 0.586. The summed E-state index contributed by atoms with van der Waals surface area (Å²) >= 11 is 0.209. The van der Waals surface area contributed by atoms with Crippen molar-refractivity contribution in [1.29, 1.82) is 0 Å². The SMILES string of the molecule is COc1ccc(C)cc1SF. The molecule has 0 bridgehead atoms. The molecule has 11 heavy (non-hydrogen) atoms. The smallest absolute Gasteiger partial charge is 0.135 e. The van der Waals surface area contributed by atoms with Gasteiger partial charge in [0.25, 0.3) is 0 Å². The van der Waals surface area contributed by atoms with Gasteiger partial charge in [0, 0.05) is 0 Å². The van der Waals surface area contributed by atoms with E-state index in [2.05, 4.69) is 0 Å². The van der Waals surface area contributed by atoms with Crippen LogP contribution in [-0.4, -0.2) is 7.11 Å². The molecule has 0 aliphatic heterocycles. The van der Waals surface area contributed by atoms with E-state index in [0.29, 0.717) is 10.6 Å². The fourth-order valence-corrected chi connectivity index (χ4v) is 1.30. The number of benzene rings is 1. The van der Waals surface area contributed by atoms with Gasteiger partial charge in [-0.25, -0.2) is 0 Å². The van der Waals surface area contributed by atoms with Crippen molar-refractivity contribution in [2.75, 3.05) is 7.11 Å². The van der Waals surface area contributed by atoms with Gasteiger partial charge in [0.1, 0.15) is 5.75 Å². The summed E-state index contributed by atoms with van der Waals surface area (Å²) in [5, 5.41) is 0. The Balaban J connectivity index is 3.06. The first-order valence-electron chi connectivity index (χ1n) is 3.21.